The summed E-state index contributed by atoms with van der Waals surface area (Å²) < 4.78 is 46.5. The van der Waals surface area contributed by atoms with Crippen LogP contribution in [0.15, 0.2) is 42.6 Å². The summed E-state index contributed by atoms with van der Waals surface area (Å²) in [4.78, 5) is 27.7. The number of nitrogens with one attached hydrogen (secondary N) is 1. The van der Waals surface area contributed by atoms with E-state index >= 15 is 0 Å². The third-order valence-electron chi connectivity index (χ3n) is 6.52. The Labute approximate surface area is 224 Å². The largest absolute Gasteiger partial charge is 0.486 e. The van der Waals surface area contributed by atoms with Gasteiger partial charge in [0.05, 0.1) is 17.5 Å². The Morgan fingerprint density at radius 1 is 1.03 bits per heavy atom. The quantitative estimate of drug-likeness (QED) is 0.483. The fourth-order valence-electron chi connectivity index (χ4n) is 4.75. The molecule has 1 N–H and O–H groups in total. The smallest absolute Gasteiger partial charge is 0.410 e. The number of carbonyl (C=O) groups excluding carboxylic acids is 2. The summed E-state index contributed by atoms with van der Waals surface area (Å²) in [6.07, 6.45) is 1.97. The topological polar surface area (TPSA) is 94.9 Å². The van der Waals surface area contributed by atoms with Gasteiger partial charge in [-0.05, 0) is 57.9 Å². The average molecular weight is 541 g/mol. The highest BCUT2D eigenvalue weighted by Gasteiger charge is 2.33. The molecule has 206 valence electrons. The number of ether oxygens (including phenoxy) is 3. The van der Waals surface area contributed by atoms with Crippen LogP contribution in [-0.2, 0) is 4.74 Å². The molecule has 11 heteroatoms. The maximum absolute atomic E-state index is 14.8. The molecule has 5 rings (SSSR count). The molecule has 0 spiro atoms. The van der Waals surface area contributed by atoms with Gasteiger partial charge in [-0.25, -0.2) is 18.3 Å². The van der Waals surface area contributed by atoms with Gasteiger partial charge in [0.2, 0.25) is 0 Å². The molecular formula is C28H30F2N4O5. The Hall–Kier alpha value is -4.15. The van der Waals surface area contributed by atoms with Gasteiger partial charge in [-0.2, -0.15) is 5.10 Å². The van der Waals surface area contributed by atoms with E-state index in [0.717, 1.165) is 12.1 Å². The molecule has 0 aliphatic carbocycles. The summed E-state index contributed by atoms with van der Waals surface area (Å²) in [7, 11) is 0. The molecule has 0 unspecified atom stereocenters. The van der Waals surface area contributed by atoms with Crippen LogP contribution in [0.5, 0.6) is 11.5 Å². The van der Waals surface area contributed by atoms with Crippen LogP contribution < -0.4 is 14.8 Å². The number of piperidine rings is 1. The Kier molecular flexibility index (Phi) is 7.16. The first-order chi connectivity index (χ1) is 18.6. The van der Waals surface area contributed by atoms with E-state index in [2.05, 4.69) is 10.4 Å². The van der Waals surface area contributed by atoms with Crippen LogP contribution in [0.3, 0.4) is 0 Å². The first-order valence-corrected chi connectivity index (χ1v) is 12.8. The second kappa shape index (κ2) is 10.5. The van der Waals surface area contributed by atoms with E-state index in [1.807, 2.05) is 0 Å². The highest BCUT2D eigenvalue weighted by molar-refractivity contribution is 6.05. The first kappa shape index (κ1) is 26.5. The second-order valence-electron chi connectivity index (χ2n) is 10.5. The zero-order chi connectivity index (χ0) is 27.7. The van der Waals surface area contributed by atoms with E-state index < -0.39 is 29.2 Å². The molecule has 2 aromatic carbocycles. The molecule has 3 heterocycles. The number of carbonyl (C=O) groups is 2. The number of amides is 2. The average Bonchev–Trinajstić information content (AvgIpc) is 3.33. The molecule has 1 aromatic heterocycles. The van der Waals surface area contributed by atoms with Crippen LogP contribution in [0, 0.1) is 11.6 Å². The number of halogens is 2. The van der Waals surface area contributed by atoms with Gasteiger partial charge in [0.15, 0.2) is 17.3 Å². The molecule has 9 nitrogen and oxygen atoms in total. The number of benzene rings is 2. The van der Waals surface area contributed by atoms with Crippen molar-refractivity contribution < 1.29 is 32.6 Å². The summed E-state index contributed by atoms with van der Waals surface area (Å²) in [5.74, 6) is -1.06. The maximum atomic E-state index is 14.8. The van der Waals surface area contributed by atoms with Gasteiger partial charge >= 0.3 is 6.09 Å². The van der Waals surface area contributed by atoms with Crippen LogP contribution >= 0.6 is 0 Å². The summed E-state index contributed by atoms with van der Waals surface area (Å²) in [6, 6.07) is 8.31. The molecule has 3 aromatic rings. The number of rotatable bonds is 4. The van der Waals surface area contributed by atoms with Crippen molar-refractivity contribution in [3.05, 3.63) is 65.5 Å². The lowest BCUT2D eigenvalue weighted by molar-refractivity contribution is 0.0203. The molecular weight excluding hydrogens is 510 g/mol. The highest BCUT2D eigenvalue weighted by Crippen LogP contribution is 2.35. The van der Waals surface area contributed by atoms with E-state index in [-0.39, 0.29) is 17.2 Å². The standard InChI is InChI=1S/C28H30F2N4O5/c1-28(2,3)39-27(36)33-10-8-17(9-11-33)25-20(16-31-34(25)22-6-4-18(29)14-21(22)30)26(35)32-19-5-7-23-24(15-19)38-13-12-37-23/h4-7,14-17H,8-13H2,1-3H3,(H,32,35). The van der Waals surface area contributed by atoms with Gasteiger partial charge < -0.3 is 24.4 Å². The van der Waals surface area contributed by atoms with Crippen molar-refractivity contribution in [2.45, 2.75) is 45.1 Å². The molecule has 1 fully saturated rings. The fraction of sp³-hybridized carbons (Fsp3) is 0.393. The first-order valence-electron chi connectivity index (χ1n) is 12.8. The van der Waals surface area contributed by atoms with Crippen molar-refractivity contribution in [1.82, 2.24) is 14.7 Å². The number of likely N-dealkylation sites (tertiary alicyclic amines) is 1. The Balaban J connectivity index is 1.43. The van der Waals surface area contributed by atoms with E-state index in [9.17, 15) is 18.4 Å². The third kappa shape index (κ3) is 5.81. The van der Waals surface area contributed by atoms with E-state index in [1.165, 1.54) is 16.9 Å². The minimum absolute atomic E-state index is 0.0272. The number of nitrogens with zero attached hydrogens (tertiary/aromatic N) is 3. The maximum Gasteiger partial charge on any atom is 0.410 e. The van der Waals surface area contributed by atoms with Crippen LogP contribution in [0.1, 0.15) is 55.6 Å². The lowest BCUT2D eigenvalue weighted by Gasteiger charge is -2.34. The molecule has 0 radical (unpaired) electrons. The molecule has 2 aliphatic rings. The van der Waals surface area contributed by atoms with Gasteiger partial charge in [-0.1, -0.05) is 0 Å². The van der Waals surface area contributed by atoms with Gasteiger partial charge in [-0.15, -0.1) is 0 Å². The second-order valence-corrected chi connectivity index (χ2v) is 10.5. The number of hydrogen-bond donors (Lipinski definition) is 1. The normalized spacial score (nSPS) is 15.7. The number of fused-ring (bicyclic) bond motifs is 1. The molecule has 1 saturated heterocycles. The van der Waals surface area contributed by atoms with Crippen molar-refractivity contribution in [3.63, 3.8) is 0 Å². The van der Waals surface area contributed by atoms with Crippen molar-refractivity contribution in [2.24, 2.45) is 0 Å². The van der Waals surface area contributed by atoms with Gasteiger partial charge in [0, 0.05) is 36.8 Å². The van der Waals surface area contributed by atoms with Crippen molar-refractivity contribution in [1.29, 1.82) is 0 Å². The monoisotopic (exact) mass is 540 g/mol. The molecule has 0 atom stereocenters. The Morgan fingerprint density at radius 2 is 1.74 bits per heavy atom. The molecule has 0 saturated carbocycles. The summed E-state index contributed by atoms with van der Waals surface area (Å²) in [6.45, 7) is 7.06. The van der Waals surface area contributed by atoms with Crippen molar-refractivity contribution >= 4 is 17.7 Å². The molecule has 2 amide bonds. The van der Waals surface area contributed by atoms with Crippen LogP contribution in [0.4, 0.5) is 19.3 Å². The number of aromatic nitrogens is 2. The zero-order valence-electron chi connectivity index (χ0n) is 22.0. The van der Waals surface area contributed by atoms with Gasteiger partial charge in [-0.3, -0.25) is 4.79 Å². The summed E-state index contributed by atoms with van der Waals surface area (Å²) in [5.41, 5.74) is 0.643. The zero-order valence-corrected chi connectivity index (χ0v) is 22.0. The predicted molar refractivity (Wildman–Crippen MR) is 139 cm³/mol. The fourth-order valence-corrected chi connectivity index (χ4v) is 4.75. The molecule has 39 heavy (non-hydrogen) atoms. The molecule has 2 aliphatic heterocycles. The number of hydrogen-bond acceptors (Lipinski definition) is 6. The van der Waals surface area contributed by atoms with Crippen LogP contribution in [-0.4, -0.2) is 58.6 Å². The van der Waals surface area contributed by atoms with E-state index in [4.69, 9.17) is 14.2 Å². The predicted octanol–water partition coefficient (Wildman–Crippen LogP) is 5.29. The van der Waals surface area contributed by atoms with E-state index in [0.29, 0.717) is 62.0 Å². The van der Waals surface area contributed by atoms with Crippen molar-refractivity contribution in [2.75, 3.05) is 31.6 Å². The van der Waals surface area contributed by atoms with Crippen LogP contribution in [0.25, 0.3) is 5.69 Å². The minimum atomic E-state index is -0.802. The van der Waals surface area contributed by atoms with Gasteiger partial charge in [0.1, 0.15) is 30.3 Å². The van der Waals surface area contributed by atoms with Crippen LogP contribution in [0.2, 0.25) is 0 Å². The van der Waals surface area contributed by atoms with E-state index in [1.54, 1.807) is 43.9 Å². The minimum Gasteiger partial charge on any atom is -0.486 e. The summed E-state index contributed by atoms with van der Waals surface area (Å²) in [5, 5.41) is 7.19. The third-order valence-corrected chi connectivity index (χ3v) is 6.52. The lowest BCUT2D eigenvalue weighted by atomic mass is 9.90. The number of anilines is 1. The Bertz CT molecular complexity index is 1390. The lowest BCUT2D eigenvalue weighted by Crippen LogP contribution is -2.41. The Morgan fingerprint density at radius 3 is 2.44 bits per heavy atom. The summed E-state index contributed by atoms with van der Waals surface area (Å²) >= 11 is 0. The van der Waals surface area contributed by atoms with Gasteiger partial charge in [0.25, 0.3) is 5.91 Å². The van der Waals surface area contributed by atoms with Crippen molar-refractivity contribution in [3.8, 4) is 17.2 Å². The SMILES string of the molecule is CC(C)(C)OC(=O)N1CCC(c2c(C(=O)Nc3ccc4c(c3)OCCO4)cnn2-c2ccc(F)cc2F)CC1. The molecule has 0 bridgehead atoms. The highest BCUT2D eigenvalue weighted by atomic mass is 19.1.